The van der Waals surface area contributed by atoms with Gasteiger partial charge in [0.25, 0.3) is 5.91 Å². The van der Waals surface area contributed by atoms with Crippen molar-refractivity contribution in [3.05, 3.63) is 34.9 Å². The number of halogens is 1. The number of carbonyl (C=O) groups is 2. The summed E-state index contributed by atoms with van der Waals surface area (Å²) < 4.78 is 5.01. The molecule has 0 bridgehead atoms. The number of ether oxygens (including phenoxy) is 1. The van der Waals surface area contributed by atoms with Crippen LogP contribution in [0.1, 0.15) is 43.0 Å². The van der Waals surface area contributed by atoms with Gasteiger partial charge in [-0.2, -0.15) is 0 Å². The Labute approximate surface area is 129 Å². The van der Waals surface area contributed by atoms with E-state index in [1.165, 1.54) is 12.5 Å². The number of benzene rings is 1. The lowest BCUT2D eigenvalue weighted by Crippen LogP contribution is -2.42. The summed E-state index contributed by atoms with van der Waals surface area (Å²) in [4.78, 5) is 23.6. The highest BCUT2D eigenvalue weighted by atomic mass is 35.5. The molecule has 21 heavy (non-hydrogen) atoms. The molecule has 1 aromatic carbocycles. The van der Waals surface area contributed by atoms with E-state index in [4.69, 9.17) is 16.3 Å². The second-order valence-electron chi connectivity index (χ2n) is 5.52. The van der Waals surface area contributed by atoms with Crippen molar-refractivity contribution in [2.75, 3.05) is 6.61 Å². The fourth-order valence-electron chi connectivity index (χ4n) is 2.61. The lowest BCUT2D eigenvalue weighted by atomic mass is 9.86. The molecular weight excluding hydrogens is 290 g/mol. The fraction of sp³-hybridized carbons (Fsp3) is 0.500. The van der Waals surface area contributed by atoms with Gasteiger partial charge in [-0.05, 0) is 37.0 Å². The van der Waals surface area contributed by atoms with Crippen molar-refractivity contribution in [3.63, 3.8) is 0 Å². The van der Waals surface area contributed by atoms with Crippen LogP contribution >= 0.6 is 11.6 Å². The summed E-state index contributed by atoms with van der Waals surface area (Å²) in [6.07, 6.45) is 4.48. The Morgan fingerprint density at radius 1 is 1.33 bits per heavy atom. The Morgan fingerprint density at radius 2 is 2.10 bits per heavy atom. The highest BCUT2D eigenvalue weighted by molar-refractivity contribution is 6.30. The lowest BCUT2D eigenvalue weighted by Gasteiger charge is -2.29. The van der Waals surface area contributed by atoms with E-state index in [0.29, 0.717) is 16.5 Å². The van der Waals surface area contributed by atoms with Crippen molar-refractivity contribution in [3.8, 4) is 0 Å². The minimum Gasteiger partial charge on any atom is -0.452 e. The minimum absolute atomic E-state index is 0.191. The van der Waals surface area contributed by atoms with Crippen molar-refractivity contribution in [1.82, 2.24) is 5.32 Å². The average Bonchev–Trinajstić information content (AvgIpc) is 2.47. The van der Waals surface area contributed by atoms with E-state index in [1.807, 2.05) is 0 Å². The molecule has 0 aromatic heterocycles. The Hall–Kier alpha value is -1.55. The van der Waals surface area contributed by atoms with E-state index in [0.717, 1.165) is 19.3 Å². The van der Waals surface area contributed by atoms with Crippen LogP contribution < -0.4 is 5.32 Å². The maximum atomic E-state index is 11.8. The van der Waals surface area contributed by atoms with E-state index < -0.39 is 5.97 Å². The Balaban J connectivity index is 1.79. The topological polar surface area (TPSA) is 55.4 Å². The molecule has 0 radical (unpaired) electrons. The van der Waals surface area contributed by atoms with Gasteiger partial charge in [0.2, 0.25) is 0 Å². The maximum absolute atomic E-state index is 11.8. The quantitative estimate of drug-likeness (QED) is 0.869. The third kappa shape index (κ3) is 4.74. The Kier molecular flexibility index (Phi) is 5.62. The summed E-state index contributed by atoms with van der Waals surface area (Å²) >= 11 is 5.81. The number of hydrogen-bond donors (Lipinski definition) is 1. The molecule has 2 rings (SSSR count). The van der Waals surface area contributed by atoms with Crippen LogP contribution in [0.3, 0.4) is 0 Å². The molecule has 2 atom stereocenters. The third-order valence-electron chi connectivity index (χ3n) is 3.85. The van der Waals surface area contributed by atoms with E-state index in [9.17, 15) is 9.59 Å². The summed E-state index contributed by atoms with van der Waals surface area (Å²) in [5, 5.41) is 3.41. The molecule has 0 unspecified atom stereocenters. The van der Waals surface area contributed by atoms with Gasteiger partial charge in [0.1, 0.15) is 0 Å². The highest BCUT2D eigenvalue weighted by Crippen LogP contribution is 2.23. The first-order valence-electron chi connectivity index (χ1n) is 7.28. The summed E-state index contributed by atoms with van der Waals surface area (Å²) in [5.74, 6) is -0.306. The van der Waals surface area contributed by atoms with Gasteiger partial charge in [0.05, 0.1) is 5.56 Å². The van der Waals surface area contributed by atoms with Gasteiger partial charge < -0.3 is 10.1 Å². The van der Waals surface area contributed by atoms with Gasteiger partial charge in [-0.15, -0.1) is 0 Å². The van der Waals surface area contributed by atoms with Crippen molar-refractivity contribution in [2.45, 2.75) is 38.6 Å². The van der Waals surface area contributed by atoms with Gasteiger partial charge in [0.15, 0.2) is 6.61 Å². The van der Waals surface area contributed by atoms with Gasteiger partial charge in [0, 0.05) is 11.1 Å². The van der Waals surface area contributed by atoms with Gasteiger partial charge >= 0.3 is 5.97 Å². The number of amides is 1. The first-order valence-corrected chi connectivity index (χ1v) is 7.66. The molecule has 1 N–H and O–H groups in total. The summed E-state index contributed by atoms with van der Waals surface area (Å²) in [6.45, 7) is 1.89. The second-order valence-corrected chi connectivity index (χ2v) is 5.96. The number of carbonyl (C=O) groups excluding carboxylic acids is 2. The number of nitrogens with one attached hydrogen (secondary N) is 1. The van der Waals surface area contributed by atoms with Crippen LogP contribution in [0.15, 0.2) is 24.3 Å². The third-order valence-corrected chi connectivity index (χ3v) is 4.09. The molecular formula is C16H20ClNO3. The largest absolute Gasteiger partial charge is 0.452 e. The zero-order chi connectivity index (χ0) is 15.2. The van der Waals surface area contributed by atoms with E-state index in [1.54, 1.807) is 18.2 Å². The van der Waals surface area contributed by atoms with Crippen LogP contribution in [0, 0.1) is 5.92 Å². The summed E-state index contributed by atoms with van der Waals surface area (Å²) in [5.41, 5.74) is 0.348. The number of hydrogen-bond acceptors (Lipinski definition) is 3. The first-order chi connectivity index (χ1) is 10.1. The van der Waals surface area contributed by atoms with Crippen molar-refractivity contribution in [1.29, 1.82) is 0 Å². The molecule has 4 nitrogen and oxygen atoms in total. The Morgan fingerprint density at radius 3 is 2.81 bits per heavy atom. The van der Waals surface area contributed by atoms with Crippen LogP contribution in [0.2, 0.25) is 5.02 Å². The second kappa shape index (κ2) is 7.46. The number of esters is 1. The summed E-state index contributed by atoms with van der Waals surface area (Å²) in [6, 6.07) is 6.66. The van der Waals surface area contributed by atoms with Crippen LogP contribution in [0.25, 0.3) is 0 Å². The molecule has 1 aromatic rings. The predicted octanol–water partition coefficient (Wildman–Crippen LogP) is 3.19. The minimum atomic E-state index is -0.538. The van der Waals surface area contributed by atoms with Crippen molar-refractivity contribution >= 4 is 23.5 Å². The van der Waals surface area contributed by atoms with Crippen molar-refractivity contribution in [2.24, 2.45) is 5.92 Å². The first kappa shape index (κ1) is 15.8. The summed E-state index contributed by atoms with van der Waals surface area (Å²) in [7, 11) is 0. The van der Waals surface area contributed by atoms with Crippen molar-refractivity contribution < 1.29 is 14.3 Å². The van der Waals surface area contributed by atoms with E-state index in [-0.39, 0.29) is 18.6 Å². The maximum Gasteiger partial charge on any atom is 0.338 e. The predicted molar refractivity (Wildman–Crippen MR) is 81.3 cm³/mol. The molecule has 1 aliphatic carbocycles. The van der Waals surface area contributed by atoms with Crippen LogP contribution in [0.5, 0.6) is 0 Å². The molecule has 0 heterocycles. The molecule has 1 amide bonds. The fourth-order valence-corrected chi connectivity index (χ4v) is 2.80. The molecule has 1 saturated carbocycles. The standard InChI is InChI=1S/C16H20ClNO3/c1-11-5-2-3-8-14(11)18-15(19)10-21-16(20)12-6-4-7-13(17)9-12/h4,6-7,9,11,14H,2-3,5,8,10H2,1H3,(H,18,19)/t11-,14+/m1/s1. The van der Waals surface area contributed by atoms with Gasteiger partial charge in [-0.1, -0.05) is 37.4 Å². The van der Waals surface area contributed by atoms with Gasteiger partial charge in [-0.25, -0.2) is 4.79 Å². The lowest BCUT2D eigenvalue weighted by molar-refractivity contribution is -0.125. The zero-order valence-corrected chi connectivity index (χ0v) is 12.9. The molecule has 0 saturated heterocycles. The molecule has 114 valence electrons. The average molecular weight is 310 g/mol. The molecule has 5 heteroatoms. The van der Waals surface area contributed by atoms with Crippen LogP contribution in [0.4, 0.5) is 0 Å². The van der Waals surface area contributed by atoms with E-state index >= 15 is 0 Å². The smallest absolute Gasteiger partial charge is 0.338 e. The Bertz CT molecular complexity index is 518. The molecule has 0 spiro atoms. The van der Waals surface area contributed by atoms with Gasteiger partial charge in [-0.3, -0.25) is 4.79 Å². The highest BCUT2D eigenvalue weighted by Gasteiger charge is 2.23. The van der Waals surface area contributed by atoms with Crippen LogP contribution in [-0.4, -0.2) is 24.5 Å². The normalized spacial score (nSPS) is 21.6. The molecule has 1 aliphatic rings. The van der Waals surface area contributed by atoms with Crippen LogP contribution in [-0.2, 0) is 9.53 Å². The molecule has 0 aliphatic heterocycles. The zero-order valence-electron chi connectivity index (χ0n) is 12.1. The van der Waals surface area contributed by atoms with E-state index in [2.05, 4.69) is 12.2 Å². The monoisotopic (exact) mass is 309 g/mol. The SMILES string of the molecule is C[C@@H]1CCCC[C@@H]1NC(=O)COC(=O)c1cccc(Cl)c1. The molecule has 1 fully saturated rings. The number of rotatable bonds is 4.